The zero-order valence-electron chi connectivity index (χ0n) is 7.21. The molecular formula is C9H8N2O3. The fourth-order valence-corrected chi connectivity index (χ4v) is 0.834. The van der Waals surface area contributed by atoms with Crippen molar-refractivity contribution in [1.29, 1.82) is 0 Å². The van der Waals surface area contributed by atoms with Crippen molar-refractivity contribution in [2.24, 2.45) is 0 Å². The minimum atomic E-state index is -0.690. The Kier molecular flexibility index (Phi) is 3.37. The van der Waals surface area contributed by atoms with Gasteiger partial charge in [-0.1, -0.05) is 18.2 Å². The van der Waals surface area contributed by atoms with E-state index in [0.29, 0.717) is 11.9 Å². The molecule has 0 spiro atoms. The van der Waals surface area contributed by atoms with E-state index >= 15 is 0 Å². The lowest BCUT2D eigenvalue weighted by Crippen LogP contribution is -2.08. The standard InChI is InChI=1S/C9H8N2O3/c12-9(6-7-11(13)14)10-8-4-2-1-3-5-8/h1-7H,(H,10,12)/b7-6+. The third-order valence-corrected chi connectivity index (χ3v) is 1.39. The number of carbonyl (C=O) groups is 1. The van der Waals surface area contributed by atoms with Crippen LogP contribution in [0.2, 0.25) is 0 Å². The molecule has 1 rings (SSSR count). The van der Waals surface area contributed by atoms with Crippen molar-refractivity contribution in [3.63, 3.8) is 0 Å². The Morgan fingerprint density at radius 2 is 2.00 bits per heavy atom. The summed E-state index contributed by atoms with van der Waals surface area (Å²) in [5.74, 6) is -0.520. The third kappa shape index (κ3) is 3.48. The van der Waals surface area contributed by atoms with E-state index in [9.17, 15) is 14.9 Å². The van der Waals surface area contributed by atoms with Crippen LogP contribution in [0.5, 0.6) is 0 Å². The van der Waals surface area contributed by atoms with E-state index in [2.05, 4.69) is 5.32 Å². The van der Waals surface area contributed by atoms with Crippen LogP contribution in [0.3, 0.4) is 0 Å². The number of nitrogens with one attached hydrogen (secondary N) is 1. The van der Waals surface area contributed by atoms with Crippen molar-refractivity contribution < 1.29 is 9.72 Å². The SMILES string of the molecule is O=C(/C=C/[N+](=O)[O-])Nc1ccccc1. The van der Waals surface area contributed by atoms with Crippen LogP contribution in [-0.4, -0.2) is 10.8 Å². The van der Waals surface area contributed by atoms with Crippen LogP contribution in [-0.2, 0) is 4.79 Å². The average Bonchev–Trinajstić information content (AvgIpc) is 2.16. The van der Waals surface area contributed by atoms with E-state index in [1.54, 1.807) is 24.3 Å². The molecule has 1 aromatic rings. The van der Waals surface area contributed by atoms with Crippen LogP contribution in [0.1, 0.15) is 0 Å². The van der Waals surface area contributed by atoms with E-state index in [4.69, 9.17) is 0 Å². The van der Waals surface area contributed by atoms with Gasteiger partial charge in [-0.2, -0.15) is 0 Å². The summed E-state index contributed by atoms with van der Waals surface area (Å²) >= 11 is 0. The molecule has 0 fully saturated rings. The van der Waals surface area contributed by atoms with E-state index < -0.39 is 10.8 Å². The molecule has 1 aromatic carbocycles. The largest absolute Gasteiger partial charge is 0.322 e. The molecule has 0 aliphatic rings. The van der Waals surface area contributed by atoms with Gasteiger partial charge < -0.3 is 5.32 Å². The van der Waals surface area contributed by atoms with Crippen molar-refractivity contribution in [3.05, 3.63) is 52.7 Å². The quantitative estimate of drug-likeness (QED) is 0.447. The number of anilines is 1. The third-order valence-electron chi connectivity index (χ3n) is 1.39. The lowest BCUT2D eigenvalue weighted by molar-refractivity contribution is -0.402. The second-order valence-corrected chi connectivity index (χ2v) is 2.46. The number of hydrogen-bond donors (Lipinski definition) is 1. The van der Waals surface area contributed by atoms with Gasteiger partial charge in [0.15, 0.2) is 0 Å². The Labute approximate surface area is 80.2 Å². The average molecular weight is 192 g/mol. The molecule has 0 saturated heterocycles. The van der Waals surface area contributed by atoms with Crippen LogP contribution < -0.4 is 5.32 Å². The van der Waals surface area contributed by atoms with Gasteiger partial charge in [-0.25, -0.2) is 0 Å². The second kappa shape index (κ2) is 4.76. The monoisotopic (exact) mass is 192 g/mol. The lowest BCUT2D eigenvalue weighted by atomic mass is 10.3. The summed E-state index contributed by atoms with van der Waals surface area (Å²) in [5.41, 5.74) is 0.602. The van der Waals surface area contributed by atoms with Crippen molar-refractivity contribution in [1.82, 2.24) is 0 Å². The van der Waals surface area contributed by atoms with Gasteiger partial charge in [-0.05, 0) is 12.1 Å². The smallest absolute Gasteiger partial charge is 0.254 e. The lowest BCUT2D eigenvalue weighted by Gasteiger charge is -1.98. The molecule has 0 atom stereocenters. The Bertz CT molecular complexity index is 360. The topological polar surface area (TPSA) is 72.2 Å². The molecule has 5 nitrogen and oxygen atoms in total. The number of hydrogen-bond acceptors (Lipinski definition) is 3. The van der Waals surface area contributed by atoms with Gasteiger partial charge in [0, 0.05) is 5.69 Å². The highest BCUT2D eigenvalue weighted by molar-refractivity contribution is 5.98. The number of benzene rings is 1. The van der Waals surface area contributed by atoms with E-state index in [1.165, 1.54) is 0 Å². The molecule has 0 heterocycles. The maximum Gasteiger partial charge on any atom is 0.254 e. The molecule has 0 saturated carbocycles. The highest BCUT2D eigenvalue weighted by Gasteiger charge is 1.97. The molecule has 1 N–H and O–H groups in total. The molecule has 0 aromatic heterocycles. The first-order valence-corrected chi connectivity index (χ1v) is 3.86. The normalized spacial score (nSPS) is 10.0. The summed E-state index contributed by atoms with van der Waals surface area (Å²) in [6.45, 7) is 0. The first-order valence-electron chi connectivity index (χ1n) is 3.86. The number of carbonyl (C=O) groups excluding carboxylic acids is 1. The maximum absolute atomic E-state index is 11.0. The summed E-state index contributed by atoms with van der Waals surface area (Å²) in [5, 5.41) is 12.4. The minimum Gasteiger partial charge on any atom is -0.322 e. The first kappa shape index (κ1) is 9.91. The predicted octanol–water partition coefficient (Wildman–Crippen LogP) is 1.42. The van der Waals surface area contributed by atoms with Gasteiger partial charge in [-0.3, -0.25) is 14.9 Å². The Hall–Kier alpha value is -2.17. The second-order valence-electron chi connectivity index (χ2n) is 2.46. The minimum absolute atomic E-state index is 0.520. The molecule has 0 aliphatic carbocycles. The van der Waals surface area contributed by atoms with Gasteiger partial charge in [-0.15, -0.1) is 0 Å². The van der Waals surface area contributed by atoms with Crippen LogP contribution in [0.25, 0.3) is 0 Å². The van der Waals surface area contributed by atoms with Crippen molar-refractivity contribution in [2.45, 2.75) is 0 Å². The summed E-state index contributed by atoms with van der Waals surface area (Å²) in [6, 6.07) is 8.71. The summed E-state index contributed by atoms with van der Waals surface area (Å²) in [7, 11) is 0. The van der Waals surface area contributed by atoms with Crippen molar-refractivity contribution in [2.75, 3.05) is 5.32 Å². The highest BCUT2D eigenvalue weighted by atomic mass is 16.6. The number of nitro groups is 1. The van der Waals surface area contributed by atoms with Gasteiger partial charge in [0.1, 0.15) is 0 Å². The van der Waals surface area contributed by atoms with Crippen molar-refractivity contribution >= 4 is 11.6 Å². The summed E-state index contributed by atoms with van der Waals surface area (Å²) < 4.78 is 0. The summed E-state index contributed by atoms with van der Waals surface area (Å²) in [6.07, 6.45) is 1.46. The molecule has 1 amide bonds. The van der Waals surface area contributed by atoms with Crippen LogP contribution in [0, 0.1) is 10.1 Å². The van der Waals surface area contributed by atoms with E-state index in [-0.39, 0.29) is 0 Å². The molecule has 0 aliphatic heterocycles. The molecule has 72 valence electrons. The first-order chi connectivity index (χ1) is 6.68. The Balaban J connectivity index is 2.54. The Morgan fingerprint density at radius 3 is 2.57 bits per heavy atom. The fourth-order valence-electron chi connectivity index (χ4n) is 0.834. The molecule has 0 radical (unpaired) electrons. The number of para-hydroxylation sites is 1. The van der Waals surface area contributed by atoms with E-state index in [0.717, 1.165) is 6.08 Å². The van der Waals surface area contributed by atoms with Crippen LogP contribution in [0.4, 0.5) is 5.69 Å². The molecular weight excluding hydrogens is 184 g/mol. The van der Waals surface area contributed by atoms with Crippen LogP contribution >= 0.6 is 0 Å². The van der Waals surface area contributed by atoms with Gasteiger partial charge in [0.25, 0.3) is 5.91 Å². The maximum atomic E-state index is 11.0. The van der Waals surface area contributed by atoms with Crippen LogP contribution in [0.15, 0.2) is 42.6 Å². The highest BCUT2D eigenvalue weighted by Crippen LogP contribution is 2.04. The van der Waals surface area contributed by atoms with Crippen molar-refractivity contribution in [3.8, 4) is 0 Å². The van der Waals surface area contributed by atoms with Gasteiger partial charge in [0.05, 0.1) is 11.0 Å². The fraction of sp³-hybridized carbons (Fsp3) is 0. The molecule has 0 bridgehead atoms. The van der Waals surface area contributed by atoms with E-state index in [1.807, 2.05) is 6.07 Å². The molecule has 5 heteroatoms. The number of nitrogens with zero attached hydrogens (tertiary/aromatic N) is 1. The molecule has 14 heavy (non-hydrogen) atoms. The Morgan fingerprint density at radius 1 is 1.36 bits per heavy atom. The summed E-state index contributed by atoms with van der Waals surface area (Å²) in [4.78, 5) is 20.2. The zero-order valence-corrected chi connectivity index (χ0v) is 7.21. The molecule has 0 unspecified atom stereocenters. The van der Waals surface area contributed by atoms with Gasteiger partial charge >= 0.3 is 0 Å². The zero-order chi connectivity index (χ0) is 10.4. The number of amides is 1. The number of rotatable bonds is 3. The predicted molar refractivity (Wildman–Crippen MR) is 51.2 cm³/mol. The van der Waals surface area contributed by atoms with Gasteiger partial charge in [0.2, 0.25) is 6.20 Å².